The van der Waals surface area contributed by atoms with Crippen LogP contribution in [0.4, 0.5) is 0 Å². The monoisotopic (exact) mass is 318 g/mol. The van der Waals surface area contributed by atoms with Gasteiger partial charge in [0.15, 0.2) is 5.82 Å². The zero-order valence-corrected chi connectivity index (χ0v) is 12.6. The average Bonchev–Trinajstić information content (AvgIpc) is 3.05. The number of nitrogens with two attached hydrogens (primary N) is 1. The number of nitrogens with zero attached hydrogens (tertiary/aromatic N) is 4. The lowest BCUT2D eigenvalue weighted by Crippen LogP contribution is -2.25. The van der Waals surface area contributed by atoms with Crippen molar-refractivity contribution in [3.05, 3.63) is 35.4 Å². The van der Waals surface area contributed by atoms with E-state index in [-0.39, 0.29) is 0 Å². The molecule has 2 aromatic rings. The van der Waals surface area contributed by atoms with Crippen LogP contribution in [0.5, 0.6) is 0 Å². The van der Waals surface area contributed by atoms with Crippen molar-refractivity contribution in [1.29, 1.82) is 0 Å². The summed E-state index contributed by atoms with van der Waals surface area (Å²) < 4.78 is 0. The number of nitrogens with one attached hydrogen (secondary N) is 1. The molecular weight excluding hydrogens is 300 g/mol. The van der Waals surface area contributed by atoms with Gasteiger partial charge in [0.25, 0.3) is 0 Å². The normalized spacial score (nSPS) is 13.4. The third kappa shape index (κ3) is 4.09. The fourth-order valence-electron chi connectivity index (χ4n) is 2.46. The van der Waals surface area contributed by atoms with Crippen molar-refractivity contribution in [2.24, 2.45) is 11.7 Å². The number of aliphatic carboxylic acids is 1. The van der Waals surface area contributed by atoms with Crippen LogP contribution in [0, 0.1) is 5.92 Å². The highest BCUT2D eigenvalue weighted by Crippen LogP contribution is 2.29. The highest BCUT2D eigenvalue weighted by atomic mass is 16.4. The molecule has 0 saturated heterocycles. The van der Waals surface area contributed by atoms with Gasteiger partial charge in [-0.05, 0) is 18.6 Å². The zero-order valence-electron chi connectivity index (χ0n) is 12.6. The van der Waals surface area contributed by atoms with Crippen LogP contribution < -0.4 is 5.73 Å². The number of carbonyl (C=O) groups excluding carboxylic acids is 1. The summed E-state index contributed by atoms with van der Waals surface area (Å²) in [6, 6.07) is 3.21. The quantitative estimate of drug-likeness (QED) is 0.642. The summed E-state index contributed by atoms with van der Waals surface area (Å²) in [6.07, 6.45) is 2.92. The molecule has 0 aliphatic carbocycles. The molecule has 2 aromatic heterocycles. The number of hydrogen-bond donors (Lipinski definition) is 3. The number of primary amides is 1. The highest BCUT2D eigenvalue weighted by Gasteiger charge is 2.32. The van der Waals surface area contributed by atoms with E-state index in [1.165, 1.54) is 6.20 Å². The molecule has 0 bridgehead atoms. The van der Waals surface area contributed by atoms with Gasteiger partial charge < -0.3 is 10.8 Å². The third-order valence-corrected chi connectivity index (χ3v) is 3.63. The first kappa shape index (κ1) is 16.5. The molecule has 0 aromatic carbocycles. The molecule has 0 aliphatic rings. The summed E-state index contributed by atoms with van der Waals surface area (Å²) >= 11 is 0. The number of aromatic amines is 1. The fourth-order valence-corrected chi connectivity index (χ4v) is 2.46. The molecule has 23 heavy (non-hydrogen) atoms. The second kappa shape index (κ2) is 7.43. The van der Waals surface area contributed by atoms with Crippen molar-refractivity contribution >= 4 is 11.9 Å². The first-order valence-corrected chi connectivity index (χ1v) is 7.23. The SMILES string of the molecule is CCCC(C(=O)O)[C@H](Cc1ccc(C(N)=O)cn1)c1nn[nH]n1. The summed E-state index contributed by atoms with van der Waals surface area (Å²) in [5.41, 5.74) is 6.11. The van der Waals surface area contributed by atoms with Gasteiger partial charge in [0.2, 0.25) is 5.91 Å². The Morgan fingerprint density at radius 3 is 2.65 bits per heavy atom. The van der Waals surface area contributed by atoms with Gasteiger partial charge in [-0.3, -0.25) is 14.6 Å². The number of aromatic nitrogens is 5. The first-order valence-electron chi connectivity index (χ1n) is 7.23. The Labute approximate surface area is 132 Å². The number of carboxylic acids is 1. The standard InChI is InChI=1S/C14H18N6O3/c1-2-3-10(14(22)23)11(13-17-19-20-18-13)6-9-5-4-8(7-16-9)12(15)21/h4-5,7,10-11H,2-3,6H2,1H3,(H2,15,21)(H,22,23)(H,17,18,19,20)/t10?,11-/m0/s1. The van der Waals surface area contributed by atoms with Gasteiger partial charge in [-0.15, -0.1) is 10.2 Å². The number of carboxylic acid groups (broad SMARTS) is 1. The lowest BCUT2D eigenvalue weighted by molar-refractivity contribution is -0.143. The van der Waals surface area contributed by atoms with Gasteiger partial charge in [-0.25, -0.2) is 0 Å². The van der Waals surface area contributed by atoms with E-state index in [2.05, 4.69) is 25.6 Å². The van der Waals surface area contributed by atoms with Gasteiger partial charge in [0.05, 0.1) is 11.5 Å². The van der Waals surface area contributed by atoms with Crippen molar-refractivity contribution in [1.82, 2.24) is 25.6 Å². The number of pyridine rings is 1. The van der Waals surface area contributed by atoms with Gasteiger partial charge in [-0.2, -0.15) is 5.21 Å². The maximum atomic E-state index is 11.6. The topological polar surface area (TPSA) is 148 Å². The Kier molecular flexibility index (Phi) is 5.34. The Morgan fingerprint density at radius 1 is 1.39 bits per heavy atom. The second-order valence-electron chi connectivity index (χ2n) is 5.22. The molecule has 4 N–H and O–H groups in total. The molecule has 9 heteroatoms. The molecular formula is C14H18N6O3. The van der Waals surface area contributed by atoms with E-state index in [1.807, 2.05) is 6.92 Å². The molecule has 0 spiro atoms. The van der Waals surface area contributed by atoms with Gasteiger partial charge in [0, 0.05) is 24.2 Å². The van der Waals surface area contributed by atoms with Crippen LogP contribution >= 0.6 is 0 Å². The lowest BCUT2D eigenvalue weighted by Gasteiger charge is -2.20. The van der Waals surface area contributed by atoms with E-state index in [1.54, 1.807) is 12.1 Å². The molecule has 9 nitrogen and oxygen atoms in total. The molecule has 0 radical (unpaired) electrons. The van der Waals surface area contributed by atoms with E-state index in [9.17, 15) is 14.7 Å². The predicted molar refractivity (Wildman–Crippen MR) is 79.4 cm³/mol. The lowest BCUT2D eigenvalue weighted by atomic mass is 9.84. The number of hydrogen-bond acceptors (Lipinski definition) is 6. The summed E-state index contributed by atoms with van der Waals surface area (Å²) in [4.78, 5) is 26.8. The molecule has 0 saturated carbocycles. The Balaban J connectivity index is 2.27. The van der Waals surface area contributed by atoms with Gasteiger partial charge in [-0.1, -0.05) is 18.6 Å². The number of amides is 1. The van der Waals surface area contributed by atoms with Crippen LogP contribution in [-0.2, 0) is 11.2 Å². The minimum absolute atomic E-state index is 0.299. The molecule has 2 heterocycles. The van der Waals surface area contributed by atoms with Crippen molar-refractivity contribution in [2.45, 2.75) is 32.1 Å². The Bertz CT molecular complexity index is 656. The van der Waals surface area contributed by atoms with Crippen molar-refractivity contribution in [2.75, 3.05) is 0 Å². The summed E-state index contributed by atoms with van der Waals surface area (Å²) in [7, 11) is 0. The van der Waals surface area contributed by atoms with E-state index >= 15 is 0 Å². The van der Waals surface area contributed by atoms with Crippen LogP contribution in [0.2, 0.25) is 0 Å². The zero-order chi connectivity index (χ0) is 16.8. The summed E-state index contributed by atoms with van der Waals surface area (Å²) in [6.45, 7) is 1.92. The molecule has 122 valence electrons. The largest absolute Gasteiger partial charge is 0.481 e. The summed E-state index contributed by atoms with van der Waals surface area (Å²) in [5.74, 6) is -2.23. The predicted octanol–water partition coefficient (Wildman–Crippen LogP) is 0.521. The van der Waals surface area contributed by atoms with Crippen LogP contribution in [-0.4, -0.2) is 42.6 Å². The van der Waals surface area contributed by atoms with E-state index in [0.717, 1.165) is 6.42 Å². The molecule has 1 amide bonds. The molecule has 0 aliphatic heterocycles. The molecule has 1 unspecified atom stereocenters. The molecule has 0 fully saturated rings. The van der Waals surface area contributed by atoms with E-state index < -0.39 is 23.7 Å². The van der Waals surface area contributed by atoms with E-state index in [4.69, 9.17) is 5.73 Å². The Morgan fingerprint density at radius 2 is 2.17 bits per heavy atom. The second-order valence-corrected chi connectivity index (χ2v) is 5.22. The molecule has 2 atom stereocenters. The minimum Gasteiger partial charge on any atom is -0.481 e. The maximum absolute atomic E-state index is 11.6. The van der Waals surface area contributed by atoms with E-state index in [0.29, 0.717) is 29.9 Å². The van der Waals surface area contributed by atoms with Crippen molar-refractivity contribution < 1.29 is 14.7 Å². The van der Waals surface area contributed by atoms with Crippen LogP contribution in [0.1, 0.15) is 47.6 Å². The maximum Gasteiger partial charge on any atom is 0.307 e. The third-order valence-electron chi connectivity index (χ3n) is 3.63. The molecule has 2 rings (SSSR count). The number of tetrazole rings is 1. The summed E-state index contributed by atoms with van der Waals surface area (Å²) in [5, 5.41) is 23.2. The van der Waals surface area contributed by atoms with Crippen LogP contribution in [0.3, 0.4) is 0 Å². The number of H-pyrrole nitrogens is 1. The van der Waals surface area contributed by atoms with Crippen molar-refractivity contribution in [3.63, 3.8) is 0 Å². The average molecular weight is 318 g/mol. The van der Waals surface area contributed by atoms with Crippen LogP contribution in [0.15, 0.2) is 18.3 Å². The first-order chi connectivity index (χ1) is 11.0. The van der Waals surface area contributed by atoms with Gasteiger partial charge >= 0.3 is 5.97 Å². The van der Waals surface area contributed by atoms with Crippen molar-refractivity contribution in [3.8, 4) is 0 Å². The number of rotatable bonds is 8. The van der Waals surface area contributed by atoms with Gasteiger partial charge in [0.1, 0.15) is 0 Å². The minimum atomic E-state index is -0.907. The van der Waals surface area contributed by atoms with Crippen LogP contribution in [0.25, 0.3) is 0 Å². The smallest absolute Gasteiger partial charge is 0.307 e. The fraction of sp³-hybridized carbons (Fsp3) is 0.429. The Hall–Kier alpha value is -2.84. The highest BCUT2D eigenvalue weighted by molar-refractivity contribution is 5.92. The number of carbonyl (C=O) groups is 2.